The fourth-order valence-electron chi connectivity index (χ4n) is 1.72. The number of aryl methyl sites for hydroxylation is 2. The molecule has 0 saturated heterocycles. The van der Waals surface area contributed by atoms with Crippen LogP contribution >= 0.6 is 0 Å². The average Bonchev–Trinajstić information content (AvgIpc) is 2.37. The lowest BCUT2D eigenvalue weighted by atomic mass is 10.1. The third kappa shape index (κ3) is 2.68. The number of hydrogen-bond donors (Lipinski definition) is 0. The Hall–Kier alpha value is -2.30. The number of nitrogens with zero attached hydrogens (tertiary/aromatic N) is 4. The van der Waals surface area contributed by atoms with Gasteiger partial charge >= 0.3 is 0 Å². The maximum Gasteiger partial charge on any atom is 0.177 e. The Labute approximate surface area is 106 Å². The molecule has 0 saturated carbocycles. The van der Waals surface area contributed by atoms with Crippen molar-refractivity contribution in [3.8, 4) is 5.75 Å². The van der Waals surface area contributed by atoms with Crippen LogP contribution in [-0.2, 0) is 0 Å². The van der Waals surface area contributed by atoms with E-state index in [0.29, 0.717) is 11.5 Å². The van der Waals surface area contributed by atoms with Crippen LogP contribution in [0.3, 0.4) is 0 Å². The van der Waals surface area contributed by atoms with Gasteiger partial charge in [-0.05, 0) is 31.0 Å². The van der Waals surface area contributed by atoms with Gasteiger partial charge in [0.25, 0.3) is 0 Å². The van der Waals surface area contributed by atoms with Crippen LogP contribution in [0.1, 0.15) is 11.1 Å². The van der Waals surface area contributed by atoms with E-state index in [1.54, 1.807) is 19.4 Å². The van der Waals surface area contributed by atoms with Gasteiger partial charge in [0.1, 0.15) is 17.8 Å². The largest absolute Gasteiger partial charge is 0.494 e. The molecule has 1 aromatic carbocycles. The standard InChI is InChI=1S/C13H14N4O/c1-9-6-10(2)13(18-3)11(7-9)16-17-12-4-5-14-8-15-12/h4-8H,1-3H3. The van der Waals surface area contributed by atoms with Crippen LogP contribution in [0.25, 0.3) is 0 Å². The fraction of sp³-hybridized carbons (Fsp3) is 0.231. The molecular formula is C13H14N4O. The van der Waals surface area contributed by atoms with E-state index in [1.807, 2.05) is 26.0 Å². The molecule has 0 N–H and O–H groups in total. The summed E-state index contributed by atoms with van der Waals surface area (Å²) in [6, 6.07) is 5.66. The fourth-order valence-corrected chi connectivity index (χ4v) is 1.72. The van der Waals surface area contributed by atoms with Crippen LogP contribution in [0, 0.1) is 13.8 Å². The monoisotopic (exact) mass is 242 g/mol. The maximum atomic E-state index is 5.33. The summed E-state index contributed by atoms with van der Waals surface area (Å²) in [5.41, 5.74) is 2.85. The molecule has 0 atom stereocenters. The summed E-state index contributed by atoms with van der Waals surface area (Å²) in [4.78, 5) is 7.81. The van der Waals surface area contributed by atoms with E-state index in [0.717, 1.165) is 16.9 Å². The van der Waals surface area contributed by atoms with E-state index < -0.39 is 0 Å². The van der Waals surface area contributed by atoms with Crippen molar-refractivity contribution in [1.82, 2.24) is 9.97 Å². The third-order valence-electron chi connectivity index (χ3n) is 2.43. The Balaban J connectivity index is 2.37. The minimum atomic E-state index is 0.520. The quantitative estimate of drug-likeness (QED) is 0.774. The van der Waals surface area contributed by atoms with Crippen LogP contribution in [-0.4, -0.2) is 17.1 Å². The number of hydrogen-bond acceptors (Lipinski definition) is 5. The molecule has 0 radical (unpaired) electrons. The highest BCUT2D eigenvalue weighted by molar-refractivity contribution is 5.57. The zero-order valence-corrected chi connectivity index (χ0v) is 10.6. The number of methoxy groups -OCH3 is 1. The summed E-state index contributed by atoms with van der Waals surface area (Å²) in [6.45, 7) is 3.99. The predicted molar refractivity (Wildman–Crippen MR) is 68.7 cm³/mol. The summed E-state index contributed by atoms with van der Waals surface area (Å²) >= 11 is 0. The van der Waals surface area contributed by atoms with Crippen molar-refractivity contribution in [2.24, 2.45) is 10.2 Å². The molecule has 0 bridgehead atoms. The molecule has 0 fully saturated rings. The first kappa shape index (κ1) is 12.2. The summed E-state index contributed by atoms with van der Waals surface area (Å²) in [7, 11) is 1.63. The molecule has 0 spiro atoms. The molecule has 18 heavy (non-hydrogen) atoms. The van der Waals surface area contributed by atoms with Gasteiger partial charge in [0, 0.05) is 12.3 Å². The van der Waals surface area contributed by atoms with E-state index in [4.69, 9.17) is 4.74 Å². The normalized spacial score (nSPS) is 10.8. The van der Waals surface area contributed by atoms with Gasteiger partial charge in [-0.25, -0.2) is 9.97 Å². The second-order valence-corrected chi connectivity index (χ2v) is 3.90. The van der Waals surface area contributed by atoms with Gasteiger partial charge in [-0.15, -0.1) is 10.2 Å². The molecule has 0 aliphatic heterocycles. The first-order chi connectivity index (χ1) is 8.70. The summed E-state index contributed by atoms with van der Waals surface area (Å²) in [6.07, 6.45) is 3.06. The number of aromatic nitrogens is 2. The topological polar surface area (TPSA) is 59.7 Å². The van der Waals surface area contributed by atoms with Gasteiger partial charge in [0.2, 0.25) is 0 Å². The van der Waals surface area contributed by atoms with Gasteiger partial charge in [0.15, 0.2) is 5.82 Å². The molecule has 1 aromatic heterocycles. The molecular weight excluding hydrogens is 228 g/mol. The van der Waals surface area contributed by atoms with Crippen molar-refractivity contribution < 1.29 is 4.74 Å². The van der Waals surface area contributed by atoms with Gasteiger partial charge in [-0.1, -0.05) is 6.07 Å². The van der Waals surface area contributed by atoms with E-state index >= 15 is 0 Å². The number of benzene rings is 1. The Kier molecular flexibility index (Phi) is 3.62. The molecule has 0 aliphatic rings. The summed E-state index contributed by atoms with van der Waals surface area (Å²) < 4.78 is 5.33. The summed E-state index contributed by atoms with van der Waals surface area (Å²) in [5, 5.41) is 8.24. The third-order valence-corrected chi connectivity index (χ3v) is 2.43. The Morgan fingerprint density at radius 1 is 1.17 bits per heavy atom. The van der Waals surface area contributed by atoms with Crippen LogP contribution in [0.2, 0.25) is 0 Å². The zero-order valence-electron chi connectivity index (χ0n) is 10.6. The van der Waals surface area contributed by atoms with Gasteiger partial charge < -0.3 is 4.74 Å². The lowest BCUT2D eigenvalue weighted by Gasteiger charge is -2.08. The minimum absolute atomic E-state index is 0.520. The van der Waals surface area contributed by atoms with E-state index in [2.05, 4.69) is 20.2 Å². The van der Waals surface area contributed by atoms with Gasteiger partial charge in [0.05, 0.1) is 7.11 Å². The number of azo groups is 1. The van der Waals surface area contributed by atoms with Crippen molar-refractivity contribution in [2.75, 3.05) is 7.11 Å². The minimum Gasteiger partial charge on any atom is -0.494 e. The lowest BCUT2D eigenvalue weighted by molar-refractivity contribution is 0.412. The second kappa shape index (κ2) is 5.35. The number of rotatable bonds is 3. The van der Waals surface area contributed by atoms with Crippen LogP contribution in [0.15, 0.2) is 41.0 Å². The predicted octanol–water partition coefficient (Wildman–Crippen LogP) is 3.52. The molecule has 92 valence electrons. The Morgan fingerprint density at radius 2 is 2.00 bits per heavy atom. The first-order valence-corrected chi connectivity index (χ1v) is 5.53. The molecule has 2 rings (SSSR count). The summed E-state index contributed by atoms with van der Waals surface area (Å²) in [5.74, 6) is 1.25. The van der Waals surface area contributed by atoms with Gasteiger partial charge in [-0.3, -0.25) is 0 Å². The van der Waals surface area contributed by atoms with Crippen molar-refractivity contribution in [2.45, 2.75) is 13.8 Å². The highest BCUT2D eigenvalue weighted by Gasteiger charge is 2.06. The maximum absolute atomic E-state index is 5.33. The molecule has 0 aliphatic carbocycles. The van der Waals surface area contributed by atoms with Crippen LogP contribution in [0.4, 0.5) is 11.5 Å². The highest BCUT2D eigenvalue weighted by atomic mass is 16.5. The van der Waals surface area contributed by atoms with E-state index in [-0.39, 0.29) is 0 Å². The SMILES string of the molecule is COc1c(C)cc(C)cc1N=Nc1ccncn1. The number of ether oxygens (including phenoxy) is 1. The van der Waals surface area contributed by atoms with Crippen molar-refractivity contribution in [3.05, 3.63) is 41.9 Å². The van der Waals surface area contributed by atoms with E-state index in [1.165, 1.54) is 6.33 Å². The van der Waals surface area contributed by atoms with Gasteiger partial charge in [-0.2, -0.15) is 0 Å². The smallest absolute Gasteiger partial charge is 0.177 e. The van der Waals surface area contributed by atoms with Crippen molar-refractivity contribution in [3.63, 3.8) is 0 Å². The van der Waals surface area contributed by atoms with E-state index in [9.17, 15) is 0 Å². The first-order valence-electron chi connectivity index (χ1n) is 5.53. The lowest BCUT2D eigenvalue weighted by Crippen LogP contribution is -1.88. The van der Waals surface area contributed by atoms with Crippen LogP contribution in [0.5, 0.6) is 5.75 Å². The Morgan fingerprint density at radius 3 is 2.67 bits per heavy atom. The molecule has 1 heterocycles. The van der Waals surface area contributed by atoms with Crippen molar-refractivity contribution in [1.29, 1.82) is 0 Å². The Bertz CT molecular complexity index is 567. The molecule has 5 nitrogen and oxygen atoms in total. The average molecular weight is 242 g/mol. The zero-order chi connectivity index (χ0) is 13.0. The highest BCUT2D eigenvalue weighted by Crippen LogP contribution is 2.33. The molecule has 5 heteroatoms. The molecule has 0 amide bonds. The van der Waals surface area contributed by atoms with Crippen molar-refractivity contribution >= 4 is 11.5 Å². The van der Waals surface area contributed by atoms with Crippen LogP contribution < -0.4 is 4.74 Å². The molecule has 0 unspecified atom stereocenters. The molecule has 2 aromatic rings. The second-order valence-electron chi connectivity index (χ2n) is 3.90.